The third kappa shape index (κ3) is 2.56. The number of thiophene rings is 1. The van der Waals surface area contributed by atoms with Crippen molar-refractivity contribution in [3.8, 4) is 6.07 Å². The van der Waals surface area contributed by atoms with E-state index in [9.17, 15) is 15.2 Å². The molecule has 0 radical (unpaired) electrons. The molecule has 0 atom stereocenters. The number of aliphatic hydroxyl groups is 1. The quantitative estimate of drug-likeness (QED) is 0.437. The number of H-pyrrole nitrogens is 1. The second-order valence-corrected chi connectivity index (χ2v) is 6.25. The van der Waals surface area contributed by atoms with Gasteiger partial charge in [-0.3, -0.25) is 9.36 Å². The SMILES string of the molecule is N#CC(=C(O)Cn1cnc2sccc2c1=O)c1nc2ccccc2[nH]1. The summed E-state index contributed by atoms with van der Waals surface area (Å²) in [5, 5.41) is 22.1. The van der Waals surface area contributed by atoms with E-state index in [1.165, 1.54) is 22.2 Å². The highest BCUT2D eigenvalue weighted by Gasteiger charge is 2.15. The maximum Gasteiger partial charge on any atom is 0.262 e. The Morgan fingerprint density at radius 2 is 2.20 bits per heavy atom. The second kappa shape index (κ2) is 5.89. The van der Waals surface area contributed by atoms with Gasteiger partial charge in [0.2, 0.25) is 0 Å². The molecule has 0 saturated heterocycles. The van der Waals surface area contributed by atoms with E-state index in [4.69, 9.17) is 0 Å². The predicted molar refractivity (Wildman–Crippen MR) is 95.1 cm³/mol. The molecule has 8 heteroatoms. The highest BCUT2D eigenvalue weighted by Crippen LogP contribution is 2.19. The predicted octanol–water partition coefficient (Wildman–Crippen LogP) is 2.83. The van der Waals surface area contributed by atoms with Gasteiger partial charge in [0, 0.05) is 0 Å². The van der Waals surface area contributed by atoms with Crippen LogP contribution in [0.2, 0.25) is 0 Å². The first-order valence-electron chi connectivity index (χ1n) is 7.37. The Kier molecular flexibility index (Phi) is 3.56. The van der Waals surface area contributed by atoms with Crippen LogP contribution >= 0.6 is 11.3 Å². The summed E-state index contributed by atoms with van der Waals surface area (Å²) in [5.74, 6) is 0.0128. The number of hydrogen-bond acceptors (Lipinski definition) is 6. The van der Waals surface area contributed by atoms with E-state index in [1.54, 1.807) is 17.5 Å². The van der Waals surface area contributed by atoms with E-state index in [0.29, 0.717) is 15.7 Å². The van der Waals surface area contributed by atoms with Gasteiger partial charge in [0.25, 0.3) is 5.56 Å². The smallest absolute Gasteiger partial charge is 0.262 e. The summed E-state index contributed by atoms with van der Waals surface area (Å²) in [6.07, 6.45) is 1.37. The van der Waals surface area contributed by atoms with Gasteiger partial charge >= 0.3 is 0 Å². The number of imidazole rings is 1. The van der Waals surface area contributed by atoms with Gasteiger partial charge in [0.15, 0.2) is 5.82 Å². The Morgan fingerprint density at radius 3 is 3.00 bits per heavy atom. The van der Waals surface area contributed by atoms with Gasteiger partial charge < -0.3 is 10.1 Å². The number of hydrogen-bond donors (Lipinski definition) is 2. The van der Waals surface area contributed by atoms with Crippen LogP contribution in [0.4, 0.5) is 0 Å². The molecular formula is C17H11N5O2S. The minimum Gasteiger partial charge on any atom is -0.509 e. The number of nitrogens with one attached hydrogen (secondary N) is 1. The van der Waals surface area contributed by atoms with Crippen LogP contribution in [0.5, 0.6) is 0 Å². The van der Waals surface area contributed by atoms with Crippen molar-refractivity contribution in [2.24, 2.45) is 0 Å². The molecule has 0 amide bonds. The number of aliphatic hydroxyl groups excluding tert-OH is 1. The molecule has 3 heterocycles. The largest absolute Gasteiger partial charge is 0.509 e. The lowest BCUT2D eigenvalue weighted by atomic mass is 10.2. The van der Waals surface area contributed by atoms with E-state index in [0.717, 1.165) is 5.52 Å². The molecule has 122 valence electrons. The zero-order valence-corrected chi connectivity index (χ0v) is 13.6. The molecule has 0 spiro atoms. The van der Waals surface area contributed by atoms with Gasteiger partial charge in [-0.1, -0.05) is 12.1 Å². The monoisotopic (exact) mass is 349 g/mol. The Labute approximate surface area is 145 Å². The van der Waals surface area contributed by atoms with Gasteiger partial charge in [-0.25, -0.2) is 9.97 Å². The number of fused-ring (bicyclic) bond motifs is 2. The molecule has 2 N–H and O–H groups in total. The lowest BCUT2D eigenvalue weighted by Gasteiger charge is -2.06. The van der Waals surface area contributed by atoms with Gasteiger partial charge in [-0.15, -0.1) is 11.3 Å². The summed E-state index contributed by atoms with van der Waals surface area (Å²) < 4.78 is 1.27. The Morgan fingerprint density at radius 1 is 1.36 bits per heavy atom. The molecule has 4 aromatic rings. The van der Waals surface area contributed by atoms with Crippen molar-refractivity contribution in [3.05, 3.63) is 64.0 Å². The number of para-hydroxylation sites is 2. The van der Waals surface area contributed by atoms with E-state index in [2.05, 4.69) is 15.0 Å². The van der Waals surface area contributed by atoms with Crippen LogP contribution < -0.4 is 5.56 Å². The van der Waals surface area contributed by atoms with Crippen molar-refractivity contribution in [2.75, 3.05) is 0 Å². The topological polar surface area (TPSA) is 108 Å². The fourth-order valence-electron chi connectivity index (χ4n) is 2.57. The molecule has 3 aromatic heterocycles. The molecule has 1 aromatic carbocycles. The van der Waals surface area contributed by atoms with Crippen molar-refractivity contribution < 1.29 is 5.11 Å². The summed E-state index contributed by atoms with van der Waals surface area (Å²) in [6.45, 7) is -0.155. The third-order valence-corrected chi connectivity index (χ3v) is 4.62. The van der Waals surface area contributed by atoms with E-state index in [1.807, 2.05) is 24.3 Å². The van der Waals surface area contributed by atoms with Crippen LogP contribution in [-0.2, 0) is 6.54 Å². The molecule has 0 fully saturated rings. The van der Waals surface area contributed by atoms with Crippen molar-refractivity contribution in [2.45, 2.75) is 6.54 Å². The van der Waals surface area contributed by atoms with Gasteiger partial charge in [0.05, 0.1) is 29.3 Å². The summed E-state index contributed by atoms with van der Waals surface area (Å²) >= 11 is 1.37. The summed E-state index contributed by atoms with van der Waals surface area (Å²) in [6, 6.07) is 11.0. The molecule has 0 unspecified atom stereocenters. The first-order chi connectivity index (χ1) is 12.2. The maximum atomic E-state index is 12.4. The first-order valence-corrected chi connectivity index (χ1v) is 8.25. The lowest BCUT2D eigenvalue weighted by molar-refractivity contribution is 0.376. The number of benzene rings is 1. The summed E-state index contributed by atoms with van der Waals surface area (Å²) in [4.78, 5) is 24.5. The molecule has 0 aliphatic rings. The number of aromatic amines is 1. The number of rotatable bonds is 3. The molecule has 0 aliphatic carbocycles. The number of nitrogens with zero attached hydrogens (tertiary/aromatic N) is 4. The zero-order valence-electron chi connectivity index (χ0n) is 12.8. The average molecular weight is 349 g/mol. The minimum atomic E-state index is -0.264. The molecule has 0 bridgehead atoms. The fraction of sp³-hybridized carbons (Fsp3) is 0.0588. The molecule has 0 saturated carbocycles. The van der Waals surface area contributed by atoms with E-state index >= 15 is 0 Å². The summed E-state index contributed by atoms with van der Waals surface area (Å²) in [7, 11) is 0. The van der Waals surface area contributed by atoms with Crippen LogP contribution in [0.3, 0.4) is 0 Å². The van der Waals surface area contributed by atoms with Gasteiger partial charge in [-0.2, -0.15) is 5.26 Å². The average Bonchev–Trinajstić information content (AvgIpc) is 3.24. The Balaban J connectivity index is 1.77. The van der Waals surface area contributed by atoms with Crippen molar-refractivity contribution in [1.29, 1.82) is 5.26 Å². The highest BCUT2D eigenvalue weighted by atomic mass is 32.1. The first kappa shape index (κ1) is 15.1. The molecule has 25 heavy (non-hydrogen) atoms. The Hall–Kier alpha value is -3.44. The fourth-order valence-corrected chi connectivity index (χ4v) is 3.30. The lowest BCUT2D eigenvalue weighted by Crippen LogP contribution is -2.21. The second-order valence-electron chi connectivity index (χ2n) is 5.35. The maximum absolute atomic E-state index is 12.4. The molecule has 7 nitrogen and oxygen atoms in total. The van der Waals surface area contributed by atoms with Crippen molar-refractivity contribution in [3.63, 3.8) is 0 Å². The van der Waals surface area contributed by atoms with E-state index in [-0.39, 0.29) is 29.3 Å². The normalized spacial score (nSPS) is 12.3. The van der Waals surface area contributed by atoms with Crippen molar-refractivity contribution >= 4 is 38.2 Å². The number of nitriles is 1. The molecule has 0 aliphatic heterocycles. The minimum absolute atomic E-state index is 0.00600. The summed E-state index contributed by atoms with van der Waals surface area (Å²) in [5.41, 5.74) is 1.18. The molecule has 4 rings (SSSR count). The standard InChI is InChI=1S/C17H11N5O2S/c18-7-11(15-20-12-3-1-2-4-13(12)21-15)14(23)8-22-9-19-16-10(17(22)24)5-6-25-16/h1-6,9,23H,8H2,(H,20,21). The Bertz CT molecular complexity index is 1190. The van der Waals surface area contributed by atoms with Gasteiger partial charge in [-0.05, 0) is 23.6 Å². The van der Waals surface area contributed by atoms with Crippen LogP contribution in [0, 0.1) is 11.3 Å². The highest BCUT2D eigenvalue weighted by molar-refractivity contribution is 7.16. The molecular weight excluding hydrogens is 338 g/mol. The van der Waals surface area contributed by atoms with Crippen LogP contribution in [-0.4, -0.2) is 24.6 Å². The number of aromatic nitrogens is 4. The van der Waals surface area contributed by atoms with Crippen molar-refractivity contribution in [1.82, 2.24) is 19.5 Å². The van der Waals surface area contributed by atoms with Crippen LogP contribution in [0.1, 0.15) is 5.82 Å². The van der Waals surface area contributed by atoms with Crippen LogP contribution in [0.25, 0.3) is 26.8 Å². The van der Waals surface area contributed by atoms with Gasteiger partial charge in [0.1, 0.15) is 22.2 Å². The third-order valence-electron chi connectivity index (χ3n) is 3.80. The zero-order chi connectivity index (χ0) is 17.4. The van der Waals surface area contributed by atoms with E-state index < -0.39 is 0 Å². The van der Waals surface area contributed by atoms with Crippen LogP contribution in [0.15, 0.2) is 52.6 Å². The number of allylic oxidation sites excluding steroid dienone is 2.